The van der Waals surface area contributed by atoms with Gasteiger partial charge in [0, 0.05) is 35.6 Å². The Morgan fingerprint density at radius 1 is 0.969 bits per heavy atom. The van der Waals surface area contributed by atoms with Crippen LogP contribution in [0, 0.1) is 5.82 Å². The maximum Gasteiger partial charge on any atom is 0.242 e. The molecule has 1 N–H and O–H groups in total. The van der Waals surface area contributed by atoms with Crippen LogP contribution in [-0.2, 0) is 29.0 Å². The predicted octanol–water partition coefficient (Wildman–Crippen LogP) is 5.06. The van der Waals surface area contributed by atoms with Gasteiger partial charge in [0.2, 0.25) is 11.8 Å². The summed E-state index contributed by atoms with van der Waals surface area (Å²) in [5.41, 5.74) is 1.79. The molecule has 2 amide bonds. The van der Waals surface area contributed by atoms with Gasteiger partial charge < -0.3 is 10.2 Å². The summed E-state index contributed by atoms with van der Waals surface area (Å²) in [4.78, 5) is 27.7. The molecule has 1 unspecified atom stereocenters. The van der Waals surface area contributed by atoms with Crippen LogP contribution >= 0.6 is 23.2 Å². The van der Waals surface area contributed by atoms with Gasteiger partial charge in [0.1, 0.15) is 11.9 Å². The first kappa shape index (κ1) is 23.8. The number of hydrogen-bond acceptors (Lipinski definition) is 2. The van der Waals surface area contributed by atoms with Gasteiger partial charge in [-0.2, -0.15) is 0 Å². The van der Waals surface area contributed by atoms with Crippen LogP contribution in [0.4, 0.5) is 4.39 Å². The summed E-state index contributed by atoms with van der Waals surface area (Å²) in [6, 6.07) is 19.7. The number of carbonyl (C=O) groups excluding carboxylic acids is 2. The van der Waals surface area contributed by atoms with Gasteiger partial charge in [-0.25, -0.2) is 4.39 Å². The topological polar surface area (TPSA) is 49.4 Å². The Kier molecular flexibility index (Phi) is 8.26. The van der Waals surface area contributed by atoms with Crippen molar-refractivity contribution in [1.29, 1.82) is 0 Å². The van der Waals surface area contributed by atoms with E-state index in [9.17, 15) is 14.0 Å². The number of carbonyl (C=O) groups is 2. The lowest BCUT2D eigenvalue weighted by atomic mass is 10.0. The zero-order valence-corrected chi connectivity index (χ0v) is 19.0. The van der Waals surface area contributed by atoms with E-state index in [-0.39, 0.29) is 31.2 Å². The molecule has 0 saturated carbocycles. The predicted molar refractivity (Wildman–Crippen MR) is 125 cm³/mol. The van der Waals surface area contributed by atoms with Gasteiger partial charge in [0.15, 0.2) is 0 Å². The summed E-state index contributed by atoms with van der Waals surface area (Å²) < 4.78 is 14.4. The van der Waals surface area contributed by atoms with Crippen LogP contribution in [-0.4, -0.2) is 29.8 Å². The Labute approximate surface area is 197 Å². The van der Waals surface area contributed by atoms with E-state index < -0.39 is 11.9 Å². The first-order valence-electron chi connectivity index (χ1n) is 10.1. The molecule has 32 heavy (non-hydrogen) atoms. The van der Waals surface area contributed by atoms with Crippen LogP contribution in [0.15, 0.2) is 72.8 Å². The highest BCUT2D eigenvalue weighted by molar-refractivity contribution is 6.35. The molecule has 0 heterocycles. The molecule has 0 aromatic heterocycles. The largest absolute Gasteiger partial charge is 0.357 e. The quantitative estimate of drug-likeness (QED) is 0.497. The highest BCUT2D eigenvalue weighted by Gasteiger charge is 2.30. The summed E-state index contributed by atoms with van der Waals surface area (Å²) in [6.07, 6.45) is 0.238. The van der Waals surface area contributed by atoms with Crippen molar-refractivity contribution in [3.63, 3.8) is 0 Å². The molecule has 0 radical (unpaired) electrons. The summed E-state index contributed by atoms with van der Waals surface area (Å²) in [7, 11) is 1.52. The van der Waals surface area contributed by atoms with Crippen LogP contribution in [0.5, 0.6) is 0 Å². The van der Waals surface area contributed by atoms with Crippen molar-refractivity contribution in [3.05, 3.63) is 105 Å². The molecule has 0 fully saturated rings. The normalized spacial score (nSPS) is 11.6. The number of likely N-dealkylation sites (N-methyl/N-ethyl adjacent to an activating group) is 1. The summed E-state index contributed by atoms with van der Waals surface area (Å²) in [5, 5.41) is 3.45. The highest BCUT2D eigenvalue weighted by Crippen LogP contribution is 2.23. The number of amides is 2. The molecule has 4 nitrogen and oxygen atoms in total. The van der Waals surface area contributed by atoms with E-state index in [2.05, 4.69) is 5.32 Å². The van der Waals surface area contributed by atoms with E-state index in [1.54, 1.807) is 36.4 Å². The maximum atomic E-state index is 14.4. The minimum absolute atomic E-state index is 0.0489. The molecular formula is C25H23Cl2FN2O2. The van der Waals surface area contributed by atoms with Crippen molar-refractivity contribution in [2.45, 2.75) is 25.4 Å². The highest BCUT2D eigenvalue weighted by atomic mass is 35.5. The SMILES string of the molecule is CNC(=O)C(Cc1ccccc1)N(Cc1ccccc1F)C(=O)Cc1ccc(Cl)cc1Cl. The molecule has 0 bridgehead atoms. The Morgan fingerprint density at radius 3 is 2.31 bits per heavy atom. The molecule has 0 saturated heterocycles. The second-order valence-corrected chi connectivity index (χ2v) is 8.19. The lowest BCUT2D eigenvalue weighted by Crippen LogP contribution is -2.50. The fourth-order valence-corrected chi connectivity index (χ4v) is 3.94. The number of nitrogens with zero attached hydrogens (tertiary/aromatic N) is 1. The molecule has 0 aliphatic heterocycles. The van der Waals surface area contributed by atoms with Crippen LogP contribution in [0.3, 0.4) is 0 Å². The lowest BCUT2D eigenvalue weighted by Gasteiger charge is -2.31. The van der Waals surface area contributed by atoms with Crippen molar-refractivity contribution in [3.8, 4) is 0 Å². The molecule has 0 aliphatic rings. The lowest BCUT2D eigenvalue weighted by molar-refractivity contribution is -0.140. The number of rotatable bonds is 8. The number of halogens is 3. The Hall–Kier alpha value is -2.89. The monoisotopic (exact) mass is 472 g/mol. The summed E-state index contributed by atoms with van der Waals surface area (Å²) in [6.45, 7) is -0.0539. The summed E-state index contributed by atoms with van der Waals surface area (Å²) in [5.74, 6) is -1.12. The van der Waals surface area contributed by atoms with Crippen molar-refractivity contribution in [2.24, 2.45) is 0 Å². The average Bonchev–Trinajstić information content (AvgIpc) is 2.79. The number of nitrogens with one attached hydrogen (secondary N) is 1. The van der Waals surface area contributed by atoms with Gasteiger partial charge in [-0.05, 0) is 29.3 Å². The van der Waals surface area contributed by atoms with Crippen LogP contribution in [0.1, 0.15) is 16.7 Å². The molecule has 0 aliphatic carbocycles. The van der Waals surface area contributed by atoms with E-state index in [0.717, 1.165) is 5.56 Å². The smallest absolute Gasteiger partial charge is 0.242 e. The van der Waals surface area contributed by atoms with E-state index in [0.29, 0.717) is 21.2 Å². The Balaban J connectivity index is 1.97. The standard InChI is InChI=1S/C25H23Cl2FN2O2/c1-29-25(32)23(13-17-7-3-2-4-8-17)30(16-19-9-5-6-10-22(19)28)24(31)14-18-11-12-20(26)15-21(18)27/h2-12,15,23H,13-14,16H2,1H3,(H,29,32). The third kappa shape index (κ3) is 6.09. The molecule has 0 spiro atoms. The fourth-order valence-electron chi connectivity index (χ4n) is 3.46. The van der Waals surface area contributed by atoms with E-state index >= 15 is 0 Å². The van der Waals surface area contributed by atoms with Crippen LogP contribution in [0.25, 0.3) is 0 Å². The third-order valence-corrected chi connectivity index (χ3v) is 5.76. The molecule has 3 aromatic rings. The summed E-state index contributed by atoms with van der Waals surface area (Å²) >= 11 is 12.2. The van der Waals surface area contributed by atoms with Gasteiger partial charge in [-0.15, -0.1) is 0 Å². The van der Waals surface area contributed by atoms with E-state index in [1.807, 2.05) is 30.3 Å². The first-order chi connectivity index (χ1) is 15.4. The van der Waals surface area contributed by atoms with E-state index in [1.165, 1.54) is 18.0 Å². The van der Waals surface area contributed by atoms with Crippen molar-refractivity contribution < 1.29 is 14.0 Å². The van der Waals surface area contributed by atoms with Gasteiger partial charge >= 0.3 is 0 Å². The third-order valence-electron chi connectivity index (χ3n) is 5.17. The van der Waals surface area contributed by atoms with Gasteiger partial charge in [0.05, 0.1) is 6.42 Å². The Bertz CT molecular complexity index is 1090. The van der Waals surface area contributed by atoms with Crippen molar-refractivity contribution in [2.75, 3.05) is 7.05 Å². The number of hydrogen-bond donors (Lipinski definition) is 1. The molecule has 3 rings (SSSR count). The van der Waals surface area contributed by atoms with Crippen molar-refractivity contribution in [1.82, 2.24) is 10.2 Å². The Morgan fingerprint density at radius 2 is 1.66 bits per heavy atom. The average molecular weight is 473 g/mol. The van der Waals surface area contributed by atoms with E-state index in [4.69, 9.17) is 23.2 Å². The zero-order valence-electron chi connectivity index (χ0n) is 17.5. The molecule has 7 heteroatoms. The van der Waals surface area contributed by atoms with Crippen molar-refractivity contribution >= 4 is 35.0 Å². The molecular weight excluding hydrogens is 450 g/mol. The fraction of sp³-hybridized carbons (Fsp3) is 0.200. The number of benzene rings is 3. The minimum atomic E-state index is -0.833. The second kappa shape index (κ2) is 11.1. The minimum Gasteiger partial charge on any atom is -0.357 e. The zero-order chi connectivity index (χ0) is 23.1. The second-order valence-electron chi connectivity index (χ2n) is 7.35. The molecule has 3 aromatic carbocycles. The van der Waals surface area contributed by atoms with Gasteiger partial charge in [0.25, 0.3) is 0 Å². The first-order valence-corrected chi connectivity index (χ1v) is 10.9. The van der Waals surface area contributed by atoms with Gasteiger partial charge in [-0.1, -0.05) is 77.8 Å². The maximum absolute atomic E-state index is 14.4. The van der Waals surface area contributed by atoms with Crippen LogP contribution in [0.2, 0.25) is 10.0 Å². The van der Waals surface area contributed by atoms with Crippen LogP contribution < -0.4 is 5.32 Å². The molecule has 166 valence electrons. The van der Waals surface area contributed by atoms with Gasteiger partial charge in [-0.3, -0.25) is 9.59 Å². The molecule has 1 atom stereocenters.